The lowest BCUT2D eigenvalue weighted by molar-refractivity contribution is -0.116. The number of amidine groups is 1. The van der Waals surface area contributed by atoms with Crippen molar-refractivity contribution in [1.82, 2.24) is 10.6 Å². The normalized spacial score (nSPS) is 17.7. The molecule has 1 amide bonds. The predicted octanol–water partition coefficient (Wildman–Crippen LogP) is 2.16. The summed E-state index contributed by atoms with van der Waals surface area (Å²) in [4.78, 5) is 12.0. The minimum Gasteiger partial charge on any atom is -0.309 e. The van der Waals surface area contributed by atoms with Crippen molar-refractivity contribution in [1.29, 1.82) is 0 Å². The number of hydrogen-bond donors (Lipinski definition) is 2. The van der Waals surface area contributed by atoms with E-state index in [0.29, 0.717) is 35.4 Å². The van der Waals surface area contributed by atoms with Gasteiger partial charge in [-0.2, -0.15) is 5.10 Å². The summed E-state index contributed by atoms with van der Waals surface area (Å²) in [6.07, 6.45) is 2.58. The van der Waals surface area contributed by atoms with Gasteiger partial charge >= 0.3 is 0 Å². The van der Waals surface area contributed by atoms with Crippen molar-refractivity contribution in [2.24, 2.45) is 5.10 Å². The van der Waals surface area contributed by atoms with Crippen molar-refractivity contribution >= 4 is 40.6 Å². The highest BCUT2D eigenvalue weighted by Gasteiger charge is 2.20. The van der Waals surface area contributed by atoms with Crippen molar-refractivity contribution in [3.8, 4) is 0 Å². The van der Waals surface area contributed by atoms with Crippen LogP contribution in [0.4, 0.5) is 5.69 Å². The minimum absolute atomic E-state index is 0.0882. The molecule has 0 aromatic heterocycles. The molecule has 3 rings (SSSR count). The Labute approximate surface area is 132 Å². The van der Waals surface area contributed by atoms with Gasteiger partial charge in [0.25, 0.3) is 5.91 Å². The maximum absolute atomic E-state index is 12.0. The van der Waals surface area contributed by atoms with Crippen LogP contribution >= 0.6 is 23.2 Å². The lowest BCUT2D eigenvalue weighted by Crippen LogP contribution is -2.31. The molecule has 7 heteroatoms. The number of hydrazone groups is 1. The van der Waals surface area contributed by atoms with E-state index in [1.807, 2.05) is 12.1 Å². The van der Waals surface area contributed by atoms with Crippen LogP contribution in [0.2, 0.25) is 10.0 Å². The quantitative estimate of drug-likeness (QED) is 0.876. The number of amides is 1. The minimum atomic E-state index is -0.0882. The molecule has 1 aromatic rings. The van der Waals surface area contributed by atoms with Gasteiger partial charge in [0.05, 0.1) is 15.7 Å². The van der Waals surface area contributed by atoms with Crippen LogP contribution < -0.4 is 15.6 Å². The standard InChI is InChI=1S/C14H14Cl2N4O/c15-11-2-1-10(7-12(11)16)20-6-4-13(19-20)18-14(21)9-3-5-17-8-9/h1-3,7,17H,4-6,8H2,(H,18,19,21). The highest BCUT2D eigenvalue weighted by molar-refractivity contribution is 6.42. The molecule has 0 spiro atoms. The van der Waals surface area contributed by atoms with Gasteiger partial charge in [-0.25, -0.2) is 0 Å². The van der Waals surface area contributed by atoms with Crippen molar-refractivity contribution in [2.75, 3.05) is 24.6 Å². The van der Waals surface area contributed by atoms with Crippen LogP contribution in [0.1, 0.15) is 6.42 Å². The van der Waals surface area contributed by atoms with Gasteiger partial charge in [-0.1, -0.05) is 29.3 Å². The zero-order chi connectivity index (χ0) is 14.8. The molecule has 1 aromatic carbocycles. The van der Waals surface area contributed by atoms with Crippen molar-refractivity contribution in [2.45, 2.75) is 6.42 Å². The predicted molar refractivity (Wildman–Crippen MR) is 85.0 cm³/mol. The smallest absolute Gasteiger partial charge is 0.253 e. The molecule has 0 aliphatic carbocycles. The Balaban J connectivity index is 1.69. The number of rotatable bonds is 2. The average Bonchev–Trinajstić information content (AvgIpc) is 3.12. The molecule has 21 heavy (non-hydrogen) atoms. The first-order valence-corrected chi connectivity index (χ1v) is 7.40. The highest BCUT2D eigenvalue weighted by Crippen LogP contribution is 2.28. The summed E-state index contributed by atoms with van der Waals surface area (Å²) in [5, 5.41) is 13.2. The SMILES string of the molecule is O=C(NC1=NN(c2ccc(Cl)c(Cl)c2)CC1)C1=CCNC1. The van der Waals surface area contributed by atoms with Crippen LogP contribution in [0, 0.1) is 0 Å². The molecule has 0 saturated carbocycles. The lowest BCUT2D eigenvalue weighted by atomic mass is 10.2. The molecular weight excluding hydrogens is 311 g/mol. The topological polar surface area (TPSA) is 56.7 Å². The van der Waals surface area contributed by atoms with Crippen molar-refractivity contribution in [3.05, 3.63) is 39.9 Å². The number of carbonyl (C=O) groups excluding carboxylic acids is 1. The van der Waals surface area contributed by atoms with Gasteiger partial charge in [0.15, 0.2) is 0 Å². The monoisotopic (exact) mass is 324 g/mol. The maximum Gasteiger partial charge on any atom is 0.253 e. The van der Waals surface area contributed by atoms with Crippen molar-refractivity contribution in [3.63, 3.8) is 0 Å². The number of benzene rings is 1. The second-order valence-electron chi connectivity index (χ2n) is 4.83. The van der Waals surface area contributed by atoms with E-state index in [1.54, 1.807) is 17.1 Å². The highest BCUT2D eigenvalue weighted by atomic mass is 35.5. The summed E-state index contributed by atoms with van der Waals surface area (Å²) < 4.78 is 0. The Bertz CT molecular complexity index is 642. The van der Waals surface area contributed by atoms with Gasteiger partial charge in [-0.05, 0) is 18.2 Å². The van der Waals surface area contributed by atoms with Crippen LogP contribution in [0.15, 0.2) is 34.9 Å². The van der Waals surface area contributed by atoms with Gasteiger partial charge in [-0.15, -0.1) is 0 Å². The zero-order valence-corrected chi connectivity index (χ0v) is 12.7. The fraction of sp³-hybridized carbons (Fsp3) is 0.286. The van der Waals surface area contributed by atoms with E-state index in [-0.39, 0.29) is 5.91 Å². The summed E-state index contributed by atoms with van der Waals surface area (Å²) >= 11 is 11.9. The fourth-order valence-corrected chi connectivity index (χ4v) is 2.53. The van der Waals surface area contributed by atoms with E-state index < -0.39 is 0 Å². The largest absolute Gasteiger partial charge is 0.309 e. The number of anilines is 1. The third-order valence-electron chi connectivity index (χ3n) is 3.36. The first kappa shape index (κ1) is 14.4. The number of hydrogen-bond acceptors (Lipinski definition) is 4. The van der Waals surface area contributed by atoms with Crippen LogP contribution in [-0.4, -0.2) is 31.4 Å². The molecule has 2 aliphatic heterocycles. The first-order chi connectivity index (χ1) is 10.1. The second kappa shape index (κ2) is 6.05. The Morgan fingerprint density at radius 3 is 2.90 bits per heavy atom. The molecule has 0 atom stereocenters. The van der Waals surface area contributed by atoms with E-state index in [9.17, 15) is 4.79 Å². The summed E-state index contributed by atoms with van der Waals surface area (Å²) in [6, 6.07) is 5.35. The van der Waals surface area contributed by atoms with Crippen LogP contribution in [-0.2, 0) is 4.79 Å². The van der Waals surface area contributed by atoms with Crippen LogP contribution in [0.5, 0.6) is 0 Å². The Kier molecular flexibility index (Phi) is 4.14. The number of nitrogens with one attached hydrogen (secondary N) is 2. The van der Waals surface area contributed by atoms with E-state index in [0.717, 1.165) is 17.8 Å². The van der Waals surface area contributed by atoms with Crippen molar-refractivity contribution < 1.29 is 4.79 Å². The first-order valence-electron chi connectivity index (χ1n) is 6.64. The number of nitrogens with zero attached hydrogens (tertiary/aromatic N) is 2. The van der Waals surface area contributed by atoms with E-state index in [2.05, 4.69) is 15.7 Å². The molecule has 2 heterocycles. The van der Waals surface area contributed by atoms with Gasteiger partial charge in [-0.3, -0.25) is 9.80 Å². The number of halogens is 2. The molecular formula is C14H14Cl2N4O. The molecule has 110 valence electrons. The molecule has 5 nitrogen and oxygen atoms in total. The molecule has 0 radical (unpaired) electrons. The third kappa shape index (κ3) is 3.20. The Morgan fingerprint density at radius 2 is 2.19 bits per heavy atom. The lowest BCUT2D eigenvalue weighted by Gasteiger charge is -2.13. The molecule has 0 fully saturated rings. The summed E-state index contributed by atoms with van der Waals surface area (Å²) in [5.41, 5.74) is 1.61. The fourth-order valence-electron chi connectivity index (χ4n) is 2.24. The van der Waals surface area contributed by atoms with Crippen LogP contribution in [0.3, 0.4) is 0 Å². The molecule has 0 unspecified atom stereocenters. The number of carbonyl (C=O) groups is 1. The molecule has 0 saturated heterocycles. The third-order valence-corrected chi connectivity index (χ3v) is 4.10. The second-order valence-corrected chi connectivity index (χ2v) is 5.65. The van der Waals surface area contributed by atoms with Gasteiger partial charge in [0.1, 0.15) is 5.84 Å². The van der Waals surface area contributed by atoms with Gasteiger partial charge in [0.2, 0.25) is 0 Å². The maximum atomic E-state index is 12.0. The summed E-state index contributed by atoms with van der Waals surface area (Å²) in [6.45, 7) is 2.05. The van der Waals surface area contributed by atoms with Gasteiger partial charge < -0.3 is 10.6 Å². The molecule has 2 aliphatic rings. The van der Waals surface area contributed by atoms with Crippen LogP contribution in [0.25, 0.3) is 0 Å². The summed E-state index contributed by atoms with van der Waals surface area (Å²) in [5.74, 6) is 0.577. The van der Waals surface area contributed by atoms with E-state index in [4.69, 9.17) is 23.2 Å². The van der Waals surface area contributed by atoms with E-state index >= 15 is 0 Å². The summed E-state index contributed by atoms with van der Waals surface area (Å²) in [7, 11) is 0. The Hall–Kier alpha value is -1.56. The van der Waals surface area contributed by atoms with Gasteiger partial charge in [0, 0.05) is 31.6 Å². The Morgan fingerprint density at radius 1 is 1.33 bits per heavy atom. The van der Waals surface area contributed by atoms with E-state index in [1.165, 1.54) is 0 Å². The molecule has 0 bridgehead atoms. The molecule has 2 N–H and O–H groups in total. The zero-order valence-electron chi connectivity index (χ0n) is 11.2. The average molecular weight is 325 g/mol.